The third kappa shape index (κ3) is 3.52. The molecule has 3 nitrogen and oxygen atoms in total. The fourth-order valence-corrected chi connectivity index (χ4v) is 3.04. The highest BCUT2D eigenvalue weighted by Gasteiger charge is 2.19. The molecule has 0 saturated heterocycles. The highest BCUT2D eigenvalue weighted by Crippen LogP contribution is 2.15. The first-order chi connectivity index (χ1) is 12.3. The molecule has 0 bridgehead atoms. The molecule has 1 heterocycles. The molecule has 3 aromatic carbocycles. The van der Waals surface area contributed by atoms with Crippen molar-refractivity contribution >= 4 is 22.6 Å². The summed E-state index contributed by atoms with van der Waals surface area (Å²) >= 11 is 6.00. The van der Waals surface area contributed by atoms with Crippen molar-refractivity contribution in [3.8, 4) is 5.75 Å². The summed E-state index contributed by atoms with van der Waals surface area (Å²) in [6, 6.07) is 26.1. The van der Waals surface area contributed by atoms with Gasteiger partial charge >= 0.3 is 0 Å². The molecular weight excluding hydrogens is 332 g/mol. The van der Waals surface area contributed by atoms with Crippen LogP contribution < -0.4 is 9.30 Å². The minimum atomic E-state index is 0.478. The summed E-state index contributed by atoms with van der Waals surface area (Å²) in [5, 5.41) is 0.750. The summed E-state index contributed by atoms with van der Waals surface area (Å²) < 4.78 is 8.20. The van der Waals surface area contributed by atoms with Crippen LogP contribution in [-0.2, 0) is 13.2 Å². The predicted molar refractivity (Wildman–Crippen MR) is 99.8 cm³/mol. The van der Waals surface area contributed by atoms with E-state index in [0.29, 0.717) is 6.61 Å². The van der Waals surface area contributed by atoms with E-state index in [0.717, 1.165) is 34.2 Å². The molecule has 0 atom stereocenters. The predicted octanol–water partition coefficient (Wildman–Crippen LogP) is 4.74. The fraction of sp³-hybridized carbons (Fsp3) is 0.0952. The molecule has 0 radical (unpaired) electrons. The van der Waals surface area contributed by atoms with E-state index in [1.807, 2.05) is 48.5 Å². The van der Waals surface area contributed by atoms with Crippen LogP contribution in [0, 0.1) is 0 Å². The van der Waals surface area contributed by atoms with E-state index in [4.69, 9.17) is 16.3 Å². The molecule has 0 aliphatic carbocycles. The SMILES string of the molecule is Clc1ccc(C[n+]2c(COc3ccccc3)[nH]c3ccccc32)cc1. The van der Waals surface area contributed by atoms with Gasteiger partial charge in [-0.2, -0.15) is 0 Å². The van der Waals surface area contributed by atoms with Crippen molar-refractivity contribution in [3.63, 3.8) is 0 Å². The Bertz CT molecular complexity index is 978. The second-order valence-corrected chi connectivity index (χ2v) is 6.34. The first-order valence-electron chi connectivity index (χ1n) is 8.21. The van der Waals surface area contributed by atoms with Crippen molar-refractivity contribution in [1.29, 1.82) is 0 Å². The first-order valence-corrected chi connectivity index (χ1v) is 8.59. The van der Waals surface area contributed by atoms with Crippen LogP contribution >= 0.6 is 11.6 Å². The van der Waals surface area contributed by atoms with Crippen LogP contribution in [0.4, 0.5) is 0 Å². The van der Waals surface area contributed by atoms with Crippen LogP contribution in [0.25, 0.3) is 11.0 Å². The van der Waals surface area contributed by atoms with Crippen LogP contribution in [0.1, 0.15) is 11.4 Å². The molecule has 4 aromatic rings. The Morgan fingerprint density at radius 1 is 0.840 bits per heavy atom. The number of rotatable bonds is 5. The Kier molecular flexibility index (Phi) is 4.40. The number of aromatic nitrogens is 2. The molecule has 25 heavy (non-hydrogen) atoms. The van der Waals surface area contributed by atoms with Gasteiger partial charge in [-0.15, -0.1) is 0 Å². The van der Waals surface area contributed by atoms with E-state index in [1.165, 1.54) is 5.56 Å². The summed E-state index contributed by atoms with van der Waals surface area (Å²) in [6.45, 7) is 1.24. The minimum Gasteiger partial charge on any atom is -0.481 e. The molecule has 0 amide bonds. The number of H-pyrrole nitrogens is 1. The number of nitrogens with zero attached hydrogens (tertiary/aromatic N) is 1. The minimum absolute atomic E-state index is 0.478. The third-order valence-electron chi connectivity index (χ3n) is 4.17. The van der Waals surface area contributed by atoms with Crippen LogP contribution in [-0.4, -0.2) is 4.98 Å². The number of aromatic amines is 1. The van der Waals surface area contributed by atoms with Crippen molar-refractivity contribution in [2.75, 3.05) is 0 Å². The molecular formula is C21H18ClN2O+. The van der Waals surface area contributed by atoms with Crippen LogP contribution in [0.3, 0.4) is 0 Å². The smallest absolute Gasteiger partial charge is 0.294 e. The fourth-order valence-electron chi connectivity index (χ4n) is 2.92. The normalized spacial score (nSPS) is 10.9. The van der Waals surface area contributed by atoms with Gasteiger partial charge in [-0.1, -0.05) is 54.1 Å². The van der Waals surface area contributed by atoms with E-state index in [-0.39, 0.29) is 0 Å². The van der Waals surface area contributed by atoms with Gasteiger partial charge in [-0.25, -0.2) is 9.55 Å². The maximum absolute atomic E-state index is 6.00. The third-order valence-corrected chi connectivity index (χ3v) is 4.42. The Labute approximate surface area is 151 Å². The number of nitrogens with one attached hydrogen (secondary N) is 1. The van der Waals surface area contributed by atoms with Gasteiger partial charge in [-0.05, 0) is 42.0 Å². The topological polar surface area (TPSA) is 28.9 Å². The van der Waals surface area contributed by atoms with Gasteiger partial charge in [0.25, 0.3) is 5.82 Å². The van der Waals surface area contributed by atoms with Crippen LogP contribution in [0.5, 0.6) is 5.75 Å². The molecule has 1 N–H and O–H groups in total. The lowest BCUT2D eigenvalue weighted by molar-refractivity contribution is -0.671. The zero-order chi connectivity index (χ0) is 17.1. The second-order valence-electron chi connectivity index (χ2n) is 5.90. The average molecular weight is 350 g/mol. The summed E-state index contributed by atoms with van der Waals surface area (Å²) in [4.78, 5) is 3.48. The zero-order valence-corrected chi connectivity index (χ0v) is 14.4. The number of imidazole rings is 1. The van der Waals surface area contributed by atoms with E-state index in [2.05, 4.69) is 39.9 Å². The number of hydrogen-bond donors (Lipinski definition) is 1. The molecule has 0 aliphatic rings. The lowest BCUT2D eigenvalue weighted by atomic mass is 10.2. The number of halogens is 1. The number of para-hydroxylation sites is 3. The quantitative estimate of drug-likeness (QED) is 0.518. The van der Waals surface area contributed by atoms with Crippen molar-refractivity contribution in [2.24, 2.45) is 0 Å². The molecule has 4 heteroatoms. The first kappa shape index (κ1) is 15.7. The molecule has 4 rings (SSSR count). The van der Waals surface area contributed by atoms with E-state index in [1.54, 1.807) is 0 Å². The Morgan fingerprint density at radius 2 is 1.56 bits per heavy atom. The molecule has 0 unspecified atom stereocenters. The molecule has 1 aromatic heterocycles. The number of ether oxygens (including phenoxy) is 1. The number of fused-ring (bicyclic) bond motifs is 1. The Morgan fingerprint density at radius 3 is 2.36 bits per heavy atom. The highest BCUT2D eigenvalue weighted by atomic mass is 35.5. The van der Waals surface area contributed by atoms with Gasteiger partial charge in [0.1, 0.15) is 12.3 Å². The van der Waals surface area contributed by atoms with Gasteiger partial charge in [0.15, 0.2) is 17.6 Å². The molecule has 0 aliphatic heterocycles. The summed E-state index contributed by atoms with van der Waals surface area (Å²) in [6.07, 6.45) is 0. The van der Waals surface area contributed by atoms with Gasteiger partial charge in [-0.3, -0.25) is 0 Å². The van der Waals surface area contributed by atoms with Gasteiger partial charge in [0.05, 0.1) is 0 Å². The van der Waals surface area contributed by atoms with Crippen molar-refractivity contribution in [3.05, 3.63) is 95.3 Å². The van der Waals surface area contributed by atoms with Gasteiger partial charge in [0.2, 0.25) is 0 Å². The number of hydrogen-bond acceptors (Lipinski definition) is 1. The second kappa shape index (κ2) is 6.99. The Hall–Kier alpha value is -2.78. The van der Waals surface area contributed by atoms with E-state index >= 15 is 0 Å². The molecule has 124 valence electrons. The maximum atomic E-state index is 6.00. The summed E-state index contributed by atoms with van der Waals surface area (Å²) in [5.41, 5.74) is 3.45. The van der Waals surface area contributed by atoms with Gasteiger partial charge < -0.3 is 4.74 Å². The average Bonchev–Trinajstić information content (AvgIpc) is 3.00. The lowest BCUT2D eigenvalue weighted by Gasteiger charge is -2.05. The lowest BCUT2D eigenvalue weighted by Crippen LogP contribution is -2.38. The maximum Gasteiger partial charge on any atom is 0.294 e. The standard InChI is InChI=1S/C21H17ClN2O/c22-17-12-10-16(11-13-17)14-24-20-9-5-4-8-19(20)23-21(24)15-25-18-6-2-1-3-7-18/h1-13H,14-15H2/p+1. The summed E-state index contributed by atoms with van der Waals surface area (Å²) in [5.74, 6) is 1.89. The number of benzene rings is 3. The van der Waals surface area contributed by atoms with E-state index < -0.39 is 0 Å². The molecule has 0 fully saturated rings. The van der Waals surface area contributed by atoms with Gasteiger partial charge in [0, 0.05) is 5.02 Å². The van der Waals surface area contributed by atoms with E-state index in [9.17, 15) is 0 Å². The van der Waals surface area contributed by atoms with Crippen LogP contribution in [0.15, 0.2) is 78.9 Å². The summed E-state index contributed by atoms with van der Waals surface area (Å²) in [7, 11) is 0. The highest BCUT2D eigenvalue weighted by molar-refractivity contribution is 6.30. The monoisotopic (exact) mass is 349 g/mol. The Balaban J connectivity index is 1.66. The largest absolute Gasteiger partial charge is 0.481 e. The van der Waals surface area contributed by atoms with Crippen molar-refractivity contribution < 1.29 is 9.30 Å². The van der Waals surface area contributed by atoms with Crippen molar-refractivity contribution in [2.45, 2.75) is 13.2 Å². The van der Waals surface area contributed by atoms with Crippen molar-refractivity contribution in [1.82, 2.24) is 4.98 Å². The van der Waals surface area contributed by atoms with Crippen LogP contribution in [0.2, 0.25) is 5.02 Å². The molecule has 0 saturated carbocycles. The zero-order valence-electron chi connectivity index (χ0n) is 13.7. The molecule has 0 spiro atoms.